The van der Waals surface area contributed by atoms with E-state index in [-0.39, 0.29) is 11.3 Å². The Morgan fingerprint density at radius 2 is 2.17 bits per heavy atom. The molecule has 6 nitrogen and oxygen atoms in total. The summed E-state index contributed by atoms with van der Waals surface area (Å²) in [6.45, 7) is 7.28. The molecular weight excluding hydrogens is 290 g/mol. The molecule has 1 fully saturated rings. The molecule has 1 saturated heterocycles. The summed E-state index contributed by atoms with van der Waals surface area (Å²) >= 11 is 0. The van der Waals surface area contributed by atoms with Crippen molar-refractivity contribution >= 4 is 5.90 Å². The minimum Gasteiger partial charge on any atom is -0.422 e. The number of hydrogen-bond donors (Lipinski definition) is 2. The summed E-state index contributed by atoms with van der Waals surface area (Å²) in [6.07, 6.45) is 4.89. The molecule has 0 radical (unpaired) electrons. The maximum Gasteiger partial charge on any atom is 0.243 e. The van der Waals surface area contributed by atoms with Crippen LogP contribution in [0.3, 0.4) is 0 Å². The molecule has 124 valence electrons. The molecule has 6 heteroatoms. The number of nitriles is 1. The molecule has 1 atom stereocenters. The van der Waals surface area contributed by atoms with E-state index in [0.717, 1.165) is 63.0 Å². The first kappa shape index (κ1) is 16.0. The van der Waals surface area contributed by atoms with Crippen molar-refractivity contribution in [2.75, 3.05) is 19.6 Å². The average Bonchev–Trinajstić information content (AvgIpc) is 2.97. The molecule has 2 aliphatic heterocycles. The van der Waals surface area contributed by atoms with E-state index in [1.807, 2.05) is 0 Å². The van der Waals surface area contributed by atoms with Crippen LogP contribution in [-0.4, -0.2) is 40.6 Å². The van der Waals surface area contributed by atoms with E-state index in [0.29, 0.717) is 5.88 Å². The lowest BCUT2D eigenvalue weighted by Crippen LogP contribution is -2.51. The number of nitrogens with one attached hydrogen (secondary N) is 2. The van der Waals surface area contributed by atoms with Crippen LogP contribution in [-0.2, 0) is 11.8 Å². The SMILES string of the molecule is CCCCc1[nH]nc2c1C1(CCN(CC)CC1)C(C#N)C(=N)O2. The van der Waals surface area contributed by atoms with Crippen LogP contribution in [0.25, 0.3) is 0 Å². The predicted molar refractivity (Wildman–Crippen MR) is 87.7 cm³/mol. The Labute approximate surface area is 137 Å². The lowest BCUT2D eigenvalue weighted by atomic mass is 9.63. The van der Waals surface area contributed by atoms with Crippen LogP contribution in [0.5, 0.6) is 5.88 Å². The lowest BCUT2D eigenvalue weighted by molar-refractivity contribution is 0.139. The number of likely N-dealkylation sites (tertiary alicyclic amines) is 1. The van der Waals surface area contributed by atoms with Crippen molar-refractivity contribution in [3.05, 3.63) is 11.3 Å². The normalized spacial score (nSPS) is 23.3. The largest absolute Gasteiger partial charge is 0.422 e. The molecule has 0 saturated carbocycles. The number of fused-ring (bicyclic) bond motifs is 2. The minimum atomic E-state index is -0.507. The molecule has 3 rings (SSSR count). The number of rotatable bonds is 4. The van der Waals surface area contributed by atoms with Crippen LogP contribution in [0, 0.1) is 22.7 Å². The van der Waals surface area contributed by atoms with Gasteiger partial charge in [-0.3, -0.25) is 10.5 Å². The quantitative estimate of drug-likeness (QED) is 0.894. The van der Waals surface area contributed by atoms with Crippen LogP contribution >= 0.6 is 0 Å². The van der Waals surface area contributed by atoms with Gasteiger partial charge in [-0.25, -0.2) is 0 Å². The van der Waals surface area contributed by atoms with Crippen LogP contribution in [0.1, 0.15) is 50.8 Å². The number of aromatic nitrogens is 2. The molecule has 1 aromatic rings. The fourth-order valence-electron chi connectivity index (χ4n) is 4.03. The minimum absolute atomic E-state index is 0.0542. The highest BCUT2D eigenvalue weighted by atomic mass is 16.5. The molecule has 3 heterocycles. The van der Waals surface area contributed by atoms with E-state index in [9.17, 15) is 5.26 Å². The Balaban J connectivity index is 2.03. The van der Waals surface area contributed by atoms with Crippen molar-refractivity contribution in [3.63, 3.8) is 0 Å². The maximum absolute atomic E-state index is 9.72. The zero-order valence-corrected chi connectivity index (χ0v) is 14.0. The second-order valence-corrected chi connectivity index (χ2v) is 6.60. The Morgan fingerprint density at radius 1 is 1.43 bits per heavy atom. The van der Waals surface area contributed by atoms with Crippen LogP contribution in [0.2, 0.25) is 0 Å². The number of piperidine rings is 1. The molecule has 1 spiro atoms. The van der Waals surface area contributed by atoms with Gasteiger partial charge in [-0.1, -0.05) is 20.3 Å². The number of H-pyrrole nitrogens is 1. The Bertz CT molecular complexity index is 621. The van der Waals surface area contributed by atoms with Crippen LogP contribution in [0.4, 0.5) is 0 Å². The van der Waals surface area contributed by atoms with Gasteiger partial charge in [-0.05, 0) is 45.3 Å². The van der Waals surface area contributed by atoms with Gasteiger partial charge in [0.15, 0.2) is 0 Å². The van der Waals surface area contributed by atoms with Gasteiger partial charge < -0.3 is 9.64 Å². The topological polar surface area (TPSA) is 88.8 Å². The smallest absolute Gasteiger partial charge is 0.243 e. The van der Waals surface area contributed by atoms with Gasteiger partial charge in [0.2, 0.25) is 11.8 Å². The van der Waals surface area contributed by atoms with Crippen molar-refractivity contribution in [2.24, 2.45) is 5.92 Å². The average molecular weight is 315 g/mol. The molecule has 0 amide bonds. The molecule has 0 aliphatic carbocycles. The Kier molecular flexibility index (Phi) is 4.40. The summed E-state index contributed by atoms with van der Waals surface area (Å²) in [7, 11) is 0. The van der Waals surface area contributed by atoms with Gasteiger partial charge in [0.1, 0.15) is 5.92 Å². The summed E-state index contributed by atoms with van der Waals surface area (Å²) in [6, 6.07) is 2.35. The summed E-state index contributed by atoms with van der Waals surface area (Å²) in [5.41, 5.74) is 1.85. The first-order valence-electron chi connectivity index (χ1n) is 8.62. The molecule has 1 aromatic heterocycles. The number of aryl methyl sites for hydroxylation is 1. The summed E-state index contributed by atoms with van der Waals surface area (Å²) < 4.78 is 5.58. The second-order valence-electron chi connectivity index (χ2n) is 6.60. The van der Waals surface area contributed by atoms with E-state index in [1.54, 1.807) is 0 Å². The number of hydrogen-bond acceptors (Lipinski definition) is 5. The van der Waals surface area contributed by atoms with Gasteiger partial charge in [-0.2, -0.15) is 5.26 Å². The van der Waals surface area contributed by atoms with Gasteiger partial charge >= 0.3 is 0 Å². The van der Waals surface area contributed by atoms with E-state index >= 15 is 0 Å². The van der Waals surface area contributed by atoms with E-state index in [2.05, 4.69) is 35.0 Å². The fraction of sp³-hybridized carbons (Fsp3) is 0.706. The van der Waals surface area contributed by atoms with Crippen molar-refractivity contribution in [3.8, 4) is 11.9 Å². The van der Waals surface area contributed by atoms with Gasteiger partial charge in [0.25, 0.3) is 0 Å². The van der Waals surface area contributed by atoms with Gasteiger partial charge in [-0.15, -0.1) is 5.10 Å². The molecule has 0 bridgehead atoms. The fourth-order valence-corrected chi connectivity index (χ4v) is 4.03. The van der Waals surface area contributed by atoms with E-state index in [1.165, 1.54) is 0 Å². The van der Waals surface area contributed by atoms with Gasteiger partial charge in [0.05, 0.1) is 6.07 Å². The molecule has 1 unspecified atom stereocenters. The highest BCUT2D eigenvalue weighted by Gasteiger charge is 2.52. The van der Waals surface area contributed by atoms with Crippen LogP contribution in [0.15, 0.2) is 0 Å². The number of unbranched alkanes of at least 4 members (excludes halogenated alkanes) is 1. The molecule has 2 aliphatic rings. The standard InChI is InChI=1S/C17H25N5O/c1-3-5-6-13-14-16(21-20-13)23-15(19)12(11-18)17(14)7-9-22(4-2)10-8-17/h12,19H,3-10H2,1-2H3,(H,20,21). The van der Waals surface area contributed by atoms with E-state index in [4.69, 9.17) is 10.1 Å². The first-order chi connectivity index (χ1) is 11.2. The Hall–Kier alpha value is -1.87. The van der Waals surface area contributed by atoms with Crippen molar-refractivity contribution in [2.45, 2.75) is 51.4 Å². The zero-order valence-electron chi connectivity index (χ0n) is 14.0. The highest BCUT2D eigenvalue weighted by Crippen LogP contribution is 2.50. The monoisotopic (exact) mass is 315 g/mol. The molecule has 23 heavy (non-hydrogen) atoms. The third-order valence-corrected chi connectivity index (χ3v) is 5.43. The van der Waals surface area contributed by atoms with Crippen LogP contribution < -0.4 is 4.74 Å². The lowest BCUT2D eigenvalue weighted by Gasteiger charge is -2.46. The number of nitrogens with zero attached hydrogens (tertiary/aromatic N) is 3. The predicted octanol–water partition coefficient (Wildman–Crippen LogP) is 2.62. The summed E-state index contributed by atoms with van der Waals surface area (Å²) in [5, 5.41) is 25.3. The van der Waals surface area contributed by atoms with Crippen molar-refractivity contribution < 1.29 is 4.74 Å². The van der Waals surface area contributed by atoms with Crippen molar-refractivity contribution in [1.29, 1.82) is 10.7 Å². The second kappa shape index (κ2) is 6.32. The summed E-state index contributed by atoms with van der Waals surface area (Å²) in [5.74, 6) is 0.0722. The molecular formula is C17H25N5O. The zero-order chi connectivity index (χ0) is 16.4. The summed E-state index contributed by atoms with van der Waals surface area (Å²) in [4.78, 5) is 2.41. The van der Waals surface area contributed by atoms with Crippen molar-refractivity contribution in [1.82, 2.24) is 15.1 Å². The molecule has 0 aromatic carbocycles. The number of ether oxygens (including phenoxy) is 1. The number of aromatic amines is 1. The maximum atomic E-state index is 9.72. The highest BCUT2D eigenvalue weighted by molar-refractivity contribution is 5.85. The third kappa shape index (κ3) is 2.53. The first-order valence-corrected chi connectivity index (χ1v) is 8.62. The van der Waals surface area contributed by atoms with E-state index < -0.39 is 5.92 Å². The third-order valence-electron chi connectivity index (χ3n) is 5.43. The van der Waals surface area contributed by atoms with Gasteiger partial charge in [0, 0.05) is 16.7 Å². The Morgan fingerprint density at radius 3 is 2.78 bits per heavy atom. The molecule has 2 N–H and O–H groups in total.